The number of ether oxygens (including phenoxy) is 1. The standard InChI is InChI=1S/C20H21FN2O/c1-23(2)11-3-10-20(17-5-7-18(21)8-6-17)19-9-4-15(13-22)12-16(19)14-24-20/h4-9,12H,3,10-11,14H2,1-2H3/t20-/m0/s1/i1D3,2D3,4D,12D,14D/t14?,20-. The molecule has 0 N–H and O–H groups in total. The van der Waals surface area contributed by atoms with Crippen LogP contribution in [0.3, 0.4) is 0 Å². The van der Waals surface area contributed by atoms with Crippen LogP contribution < -0.4 is 0 Å². The molecule has 0 aliphatic carbocycles. The monoisotopic (exact) mass is 333 g/mol. The summed E-state index contributed by atoms with van der Waals surface area (Å²) >= 11 is 0. The first-order valence-corrected chi connectivity index (χ1v) is 7.41. The first-order chi connectivity index (χ1) is 15.2. The van der Waals surface area contributed by atoms with Crippen molar-refractivity contribution in [3.8, 4) is 6.07 Å². The highest BCUT2D eigenvalue weighted by Gasteiger charge is 2.41. The molecule has 2 atom stereocenters. The Labute approximate surface area is 154 Å². The van der Waals surface area contributed by atoms with Crippen molar-refractivity contribution in [1.82, 2.24) is 4.90 Å². The summed E-state index contributed by atoms with van der Waals surface area (Å²) in [6.45, 7) is -7.47. The summed E-state index contributed by atoms with van der Waals surface area (Å²) in [6, 6.07) is 7.78. The fourth-order valence-corrected chi connectivity index (χ4v) is 2.94. The van der Waals surface area contributed by atoms with E-state index < -0.39 is 32.0 Å². The molecule has 0 radical (unpaired) electrons. The lowest BCUT2D eigenvalue weighted by atomic mass is 9.81. The summed E-state index contributed by atoms with van der Waals surface area (Å²) < 4.78 is 89.6. The van der Waals surface area contributed by atoms with Crippen molar-refractivity contribution in [3.05, 3.63) is 70.5 Å². The quantitative estimate of drug-likeness (QED) is 0.835. The summed E-state index contributed by atoms with van der Waals surface area (Å²) in [5, 5.41) is 9.30. The third-order valence-corrected chi connectivity index (χ3v) is 4.06. The zero-order chi connectivity index (χ0) is 24.8. The van der Waals surface area contributed by atoms with Gasteiger partial charge in [-0.15, -0.1) is 0 Å². The third kappa shape index (κ3) is 3.06. The van der Waals surface area contributed by atoms with Crippen molar-refractivity contribution in [2.24, 2.45) is 0 Å². The van der Waals surface area contributed by atoms with Crippen LogP contribution in [0.15, 0.2) is 42.4 Å². The molecule has 0 saturated carbocycles. The molecule has 1 aliphatic heterocycles. The van der Waals surface area contributed by atoms with Crippen LogP contribution in [-0.2, 0) is 16.9 Å². The van der Waals surface area contributed by atoms with E-state index in [1.165, 1.54) is 30.3 Å². The minimum atomic E-state index is -2.87. The maximum atomic E-state index is 13.6. The SMILES string of the molecule is [2H]c1cc2c(c([2H])c1C#N)C([2H])O[C@@]2(CCCN(C([2H])([2H])[2H])C([2H])([2H])[2H])c1ccc(F)cc1. The Balaban J connectivity index is 2.09. The molecule has 1 unspecified atom stereocenters. The predicted molar refractivity (Wildman–Crippen MR) is 90.9 cm³/mol. The Kier molecular flexibility index (Phi) is 2.45. The van der Waals surface area contributed by atoms with Crippen molar-refractivity contribution in [2.45, 2.75) is 25.0 Å². The van der Waals surface area contributed by atoms with E-state index in [9.17, 15) is 9.65 Å². The topological polar surface area (TPSA) is 36.3 Å². The van der Waals surface area contributed by atoms with E-state index in [1.54, 1.807) is 6.07 Å². The molecule has 2 aromatic carbocycles. The van der Waals surface area contributed by atoms with Gasteiger partial charge in [-0.05, 0) is 74.2 Å². The molecule has 0 bridgehead atoms. The maximum absolute atomic E-state index is 13.6. The molecule has 0 fully saturated rings. The van der Waals surface area contributed by atoms with E-state index in [4.69, 9.17) is 17.1 Å². The second-order valence-electron chi connectivity index (χ2n) is 5.55. The van der Waals surface area contributed by atoms with Gasteiger partial charge >= 0.3 is 0 Å². The highest BCUT2D eigenvalue weighted by molar-refractivity contribution is 5.47. The minimum absolute atomic E-state index is 0.000977. The zero-order valence-corrected chi connectivity index (χ0v) is 12.8. The average Bonchev–Trinajstić information content (AvgIpc) is 2.96. The number of benzene rings is 2. The minimum Gasteiger partial charge on any atom is -0.361 e. The van der Waals surface area contributed by atoms with Gasteiger partial charge in [0.1, 0.15) is 11.4 Å². The predicted octanol–water partition coefficient (Wildman–Crippen LogP) is 3.81. The number of nitriles is 1. The van der Waals surface area contributed by atoms with Gasteiger partial charge in [0.15, 0.2) is 0 Å². The number of halogens is 1. The molecule has 3 rings (SSSR count). The Bertz CT molecular complexity index is 1070. The Morgan fingerprint density at radius 2 is 2.21 bits per heavy atom. The average molecular weight is 333 g/mol. The summed E-state index contributed by atoms with van der Waals surface area (Å²) in [6.07, 6.45) is -0.00453. The van der Waals surface area contributed by atoms with Gasteiger partial charge in [-0.2, -0.15) is 5.26 Å². The van der Waals surface area contributed by atoms with Gasteiger partial charge in [-0.3, -0.25) is 0 Å². The molecule has 2 aromatic rings. The van der Waals surface area contributed by atoms with Crippen LogP contribution in [0.2, 0.25) is 0 Å². The highest BCUT2D eigenvalue weighted by atomic mass is 19.1. The van der Waals surface area contributed by atoms with Gasteiger partial charge in [0, 0.05) is 8.22 Å². The van der Waals surface area contributed by atoms with Crippen LogP contribution in [0.5, 0.6) is 0 Å². The summed E-state index contributed by atoms with van der Waals surface area (Å²) in [5.41, 5.74) is -0.893. The van der Waals surface area contributed by atoms with Crippen LogP contribution >= 0.6 is 0 Å². The van der Waals surface area contributed by atoms with Crippen LogP contribution in [0.4, 0.5) is 4.39 Å². The molecule has 1 aliphatic rings. The lowest BCUT2D eigenvalue weighted by Gasteiger charge is -2.31. The van der Waals surface area contributed by atoms with Crippen LogP contribution in [0.25, 0.3) is 0 Å². The van der Waals surface area contributed by atoms with Crippen molar-refractivity contribution >= 4 is 0 Å². The van der Waals surface area contributed by atoms with Crippen LogP contribution in [0, 0.1) is 17.1 Å². The molecule has 0 saturated heterocycles. The van der Waals surface area contributed by atoms with Gasteiger partial charge in [-0.25, -0.2) is 4.39 Å². The lowest BCUT2D eigenvalue weighted by Crippen LogP contribution is -2.28. The fraction of sp³-hybridized carbons (Fsp3) is 0.350. The van der Waals surface area contributed by atoms with Gasteiger partial charge in [0.2, 0.25) is 0 Å². The third-order valence-electron chi connectivity index (χ3n) is 4.06. The maximum Gasteiger partial charge on any atom is 0.123 e. The highest BCUT2D eigenvalue weighted by Crippen LogP contribution is 2.45. The Hall–Kier alpha value is -2.22. The van der Waals surface area contributed by atoms with E-state index in [-0.39, 0.29) is 48.2 Å². The van der Waals surface area contributed by atoms with Gasteiger partial charge in [0.05, 0.1) is 22.3 Å². The second-order valence-corrected chi connectivity index (χ2v) is 5.55. The van der Waals surface area contributed by atoms with E-state index in [1.807, 2.05) is 0 Å². The molecule has 24 heavy (non-hydrogen) atoms. The Morgan fingerprint density at radius 3 is 2.92 bits per heavy atom. The molecular formula is C20H21FN2O. The number of hydrogen-bond acceptors (Lipinski definition) is 3. The van der Waals surface area contributed by atoms with Crippen molar-refractivity contribution in [3.63, 3.8) is 0 Å². The molecule has 0 spiro atoms. The van der Waals surface area contributed by atoms with Crippen molar-refractivity contribution in [1.29, 1.82) is 5.26 Å². The largest absolute Gasteiger partial charge is 0.361 e. The number of fused-ring (bicyclic) bond motifs is 1. The van der Waals surface area contributed by atoms with Crippen molar-refractivity contribution in [2.75, 3.05) is 20.5 Å². The fourth-order valence-electron chi connectivity index (χ4n) is 2.94. The van der Waals surface area contributed by atoms with Crippen LogP contribution in [-0.4, -0.2) is 25.4 Å². The van der Waals surface area contributed by atoms with Gasteiger partial charge < -0.3 is 9.64 Å². The molecule has 4 heteroatoms. The van der Waals surface area contributed by atoms with Crippen molar-refractivity contribution < 1.29 is 21.5 Å². The first kappa shape index (κ1) is 8.75. The zero-order valence-electron chi connectivity index (χ0n) is 21.8. The lowest BCUT2D eigenvalue weighted by molar-refractivity contribution is -0.0140. The van der Waals surface area contributed by atoms with E-state index in [2.05, 4.69) is 0 Å². The number of hydrogen-bond donors (Lipinski definition) is 0. The number of nitrogens with zero attached hydrogens (tertiary/aromatic N) is 2. The molecule has 0 amide bonds. The number of rotatable bonds is 5. The summed E-state index contributed by atoms with van der Waals surface area (Å²) in [4.78, 5) is 0.414. The van der Waals surface area contributed by atoms with E-state index >= 15 is 0 Å². The van der Waals surface area contributed by atoms with Crippen LogP contribution in [0.1, 0.15) is 47.4 Å². The molecule has 3 nitrogen and oxygen atoms in total. The molecule has 0 aromatic heterocycles. The Morgan fingerprint density at radius 1 is 1.42 bits per heavy atom. The molecular weight excluding hydrogens is 303 g/mol. The first-order valence-electron chi connectivity index (χ1n) is 12.0. The smallest absolute Gasteiger partial charge is 0.123 e. The van der Waals surface area contributed by atoms with Gasteiger partial charge in [0.25, 0.3) is 0 Å². The molecule has 1 heterocycles. The normalized spacial score (nSPS) is 28.9. The van der Waals surface area contributed by atoms with Gasteiger partial charge in [-0.1, -0.05) is 18.2 Å². The van der Waals surface area contributed by atoms with E-state index in [0.29, 0.717) is 10.5 Å². The summed E-state index contributed by atoms with van der Waals surface area (Å²) in [5.74, 6) is -0.521. The molecule has 124 valence electrons. The summed E-state index contributed by atoms with van der Waals surface area (Å²) in [7, 11) is 0. The second kappa shape index (κ2) is 6.72. The van der Waals surface area contributed by atoms with E-state index in [0.717, 1.165) is 0 Å².